The molecule has 0 fully saturated rings. The number of allylic oxidation sites excluding steroid dienone is 8. The Hall–Kier alpha value is -2.72. The second-order valence-corrected chi connectivity index (χ2v) is 8.62. The predicted octanol–water partition coefficient (Wildman–Crippen LogP) is 7.19. The third kappa shape index (κ3) is 9.31. The van der Waals surface area contributed by atoms with Crippen LogP contribution in [-0.4, -0.2) is 22.8 Å². The quantitative estimate of drug-likeness (QED) is 0.301. The van der Waals surface area contributed by atoms with Crippen LogP contribution in [-0.2, 0) is 15.1 Å². The average Bonchev–Trinajstić information content (AvgIpc) is 2.79. The molecule has 0 spiro atoms. The van der Waals surface area contributed by atoms with Crippen molar-refractivity contribution in [3.8, 4) is 0 Å². The van der Waals surface area contributed by atoms with Crippen LogP contribution in [0.25, 0.3) is 0 Å². The summed E-state index contributed by atoms with van der Waals surface area (Å²) in [4.78, 5) is 8.71. The maximum atomic E-state index is 7.63. The van der Waals surface area contributed by atoms with Crippen LogP contribution in [0.15, 0.2) is 119 Å². The molecule has 31 heavy (non-hydrogen) atoms. The van der Waals surface area contributed by atoms with Gasteiger partial charge in [-0.15, -0.1) is 0 Å². The van der Waals surface area contributed by atoms with E-state index < -0.39 is 0 Å². The van der Waals surface area contributed by atoms with Crippen molar-refractivity contribution < 1.29 is 15.1 Å². The summed E-state index contributed by atoms with van der Waals surface area (Å²) in [6, 6.07) is 19.3. The third-order valence-corrected chi connectivity index (χ3v) is 3.82. The second-order valence-electron chi connectivity index (χ2n) is 5.98. The fourth-order valence-corrected chi connectivity index (χ4v) is 2.43. The van der Waals surface area contributed by atoms with Crippen molar-refractivity contribution in [2.45, 2.75) is 0 Å². The Balaban J connectivity index is 0.000000196. The van der Waals surface area contributed by atoms with Crippen molar-refractivity contribution in [2.24, 2.45) is 9.98 Å². The molecule has 0 amide bonds. The normalized spacial score (nSPS) is 16.7. The van der Waals surface area contributed by atoms with Gasteiger partial charge in [0.15, 0.2) is 0 Å². The van der Waals surface area contributed by atoms with Crippen LogP contribution in [0.3, 0.4) is 0 Å². The van der Waals surface area contributed by atoms with E-state index in [2.05, 4.69) is 9.98 Å². The molecule has 158 valence electrons. The van der Waals surface area contributed by atoms with E-state index in [4.69, 9.17) is 30.2 Å². The number of nitrogens with one attached hydrogen (secondary N) is 2. The molecule has 4 rings (SSSR count). The Morgan fingerprint density at radius 3 is 1.19 bits per heavy atom. The van der Waals surface area contributed by atoms with Crippen LogP contribution in [0.1, 0.15) is 0 Å². The van der Waals surface area contributed by atoms with E-state index in [0.717, 1.165) is 11.4 Å². The molecule has 0 saturated carbocycles. The van der Waals surface area contributed by atoms with Crippen LogP contribution >= 0.6 is 19.4 Å². The summed E-state index contributed by atoms with van der Waals surface area (Å²) in [6.07, 6.45) is 14.6. The molecule has 0 atom stereocenters. The summed E-state index contributed by atoms with van der Waals surface area (Å²) in [5, 5.41) is 15.3. The molecule has 0 radical (unpaired) electrons. The van der Waals surface area contributed by atoms with Gasteiger partial charge in [-0.1, -0.05) is 60.7 Å². The van der Waals surface area contributed by atoms with Crippen molar-refractivity contribution in [3.63, 3.8) is 0 Å². The second kappa shape index (κ2) is 14.3. The topological polar surface area (TPSA) is 72.4 Å². The van der Waals surface area contributed by atoms with Gasteiger partial charge >= 0.3 is 34.5 Å². The standard InChI is InChI=1S/2C12H10N2.2ClH.Ru/c2*13-11-8-4-5-9-12(11)14-10-6-2-1-3-7-10;;;/h2*1-9,13H;2*1H;/q;;;;+2/p-2. The van der Waals surface area contributed by atoms with Gasteiger partial charge in [-0.05, 0) is 48.6 Å². The fraction of sp³-hybridized carbons (Fsp3) is 0. The molecule has 0 aromatic heterocycles. The molecule has 2 aliphatic rings. The summed E-state index contributed by atoms with van der Waals surface area (Å²) < 4.78 is 0. The molecule has 0 bridgehead atoms. The SMILES string of the molecule is N=C1C=CC=CC1=Nc1ccccc1.N=C1C=CC=CC1=Nc1ccccc1.[Cl][Ru][Cl]. The van der Waals surface area contributed by atoms with Gasteiger partial charge in [0.2, 0.25) is 0 Å². The van der Waals surface area contributed by atoms with E-state index in [9.17, 15) is 0 Å². The monoisotopic (exact) mass is 536 g/mol. The molecule has 4 nitrogen and oxygen atoms in total. The van der Waals surface area contributed by atoms with Crippen LogP contribution in [0.5, 0.6) is 0 Å². The molecule has 7 heteroatoms. The number of halogens is 2. The number of nitrogens with zero attached hydrogens (tertiary/aromatic N) is 2. The maximum absolute atomic E-state index is 7.63. The number of aliphatic imine (C=N–C) groups is 2. The number of benzene rings is 2. The molecule has 0 heterocycles. The van der Waals surface area contributed by atoms with Gasteiger partial charge < -0.3 is 0 Å². The molecule has 0 aliphatic heterocycles. The van der Waals surface area contributed by atoms with Crippen molar-refractivity contribution in [1.82, 2.24) is 0 Å². The number of hydrogen-bond acceptors (Lipinski definition) is 4. The number of rotatable bonds is 2. The number of hydrogen-bond donors (Lipinski definition) is 2. The van der Waals surface area contributed by atoms with Gasteiger partial charge in [0.05, 0.1) is 34.2 Å². The summed E-state index contributed by atoms with van der Waals surface area (Å²) in [5.74, 6) is 0. The van der Waals surface area contributed by atoms with Crippen LogP contribution in [0.2, 0.25) is 0 Å². The van der Waals surface area contributed by atoms with Crippen LogP contribution in [0, 0.1) is 10.8 Å². The van der Waals surface area contributed by atoms with Gasteiger partial charge in [-0.25, -0.2) is 9.98 Å². The zero-order chi connectivity index (χ0) is 22.3. The third-order valence-electron chi connectivity index (χ3n) is 3.82. The molecule has 0 unspecified atom stereocenters. The number of para-hydroxylation sites is 2. The zero-order valence-corrected chi connectivity index (χ0v) is 19.6. The summed E-state index contributed by atoms with van der Waals surface area (Å²) in [7, 11) is 9.71. The molecule has 2 aliphatic carbocycles. The summed E-state index contributed by atoms with van der Waals surface area (Å²) in [6.45, 7) is 0. The Bertz CT molecular complexity index is 968. The van der Waals surface area contributed by atoms with Gasteiger partial charge in [-0.2, -0.15) is 0 Å². The average molecular weight is 536 g/mol. The van der Waals surface area contributed by atoms with Crippen molar-refractivity contribution in [2.75, 3.05) is 0 Å². The molecular formula is C24H20Cl2N4Ru. The van der Waals surface area contributed by atoms with Crippen LogP contribution in [0.4, 0.5) is 11.4 Å². The van der Waals surface area contributed by atoms with Gasteiger partial charge in [0.25, 0.3) is 0 Å². The van der Waals surface area contributed by atoms with E-state index >= 15 is 0 Å². The van der Waals surface area contributed by atoms with E-state index in [0.29, 0.717) is 22.8 Å². The van der Waals surface area contributed by atoms with Crippen molar-refractivity contribution >= 4 is 53.6 Å². The van der Waals surface area contributed by atoms with Crippen molar-refractivity contribution in [3.05, 3.63) is 109 Å². The first-order valence-corrected chi connectivity index (χ1v) is 13.6. The van der Waals surface area contributed by atoms with Gasteiger partial charge in [0, 0.05) is 0 Å². The van der Waals surface area contributed by atoms with Gasteiger partial charge in [0.1, 0.15) is 0 Å². The van der Waals surface area contributed by atoms with Crippen molar-refractivity contribution in [1.29, 1.82) is 10.8 Å². The molecule has 2 aromatic rings. The van der Waals surface area contributed by atoms with E-state index in [1.807, 2.05) is 97.1 Å². The fourth-order valence-electron chi connectivity index (χ4n) is 2.43. The van der Waals surface area contributed by atoms with E-state index in [1.54, 1.807) is 12.2 Å². The zero-order valence-electron chi connectivity index (χ0n) is 16.4. The summed E-state index contributed by atoms with van der Waals surface area (Å²) >= 11 is -0.346. The Kier molecular flexibility index (Phi) is 11.3. The molecular weight excluding hydrogens is 516 g/mol. The minimum absolute atomic E-state index is 0.346. The van der Waals surface area contributed by atoms with E-state index in [1.165, 1.54) is 0 Å². The molecule has 0 saturated heterocycles. The predicted molar refractivity (Wildman–Crippen MR) is 131 cm³/mol. The van der Waals surface area contributed by atoms with Crippen LogP contribution < -0.4 is 0 Å². The first-order chi connectivity index (χ1) is 15.1. The Morgan fingerprint density at radius 2 is 0.871 bits per heavy atom. The first kappa shape index (κ1) is 24.6. The Labute approximate surface area is 198 Å². The molecule has 2 aromatic carbocycles. The first-order valence-electron chi connectivity index (χ1n) is 9.14. The summed E-state index contributed by atoms with van der Waals surface area (Å²) in [5.41, 5.74) is 4.09. The Morgan fingerprint density at radius 1 is 0.548 bits per heavy atom. The van der Waals surface area contributed by atoms with Gasteiger partial charge in [-0.3, -0.25) is 10.8 Å². The minimum atomic E-state index is -0.346. The molecule has 2 N–H and O–H groups in total. The van der Waals surface area contributed by atoms with E-state index in [-0.39, 0.29) is 15.1 Å².